The molecular formula is C16H31NO4. The van der Waals surface area contributed by atoms with Crippen LogP contribution in [-0.2, 0) is 19.0 Å². The molecule has 1 aliphatic rings. The summed E-state index contributed by atoms with van der Waals surface area (Å²) in [6.07, 6.45) is 3.06. The molecule has 0 aliphatic heterocycles. The van der Waals surface area contributed by atoms with Crippen molar-refractivity contribution in [3.63, 3.8) is 0 Å². The second kappa shape index (κ2) is 9.38. The molecule has 1 aliphatic carbocycles. The van der Waals surface area contributed by atoms with Crippen LogP contribution in [0.15, 0.2) is 0 Å². The van der Waals surface area contributed by atoms with Crippen molar-refractivity contribution < 1.29 is 19.0 Å². The predicted octanol–water partition coefficient (Wildman–Crippen LogP) is 2.14. The van der Waals surface area contributed by atoms with Crippen LogP contribution < -0.4 is 5.32 Å². The van der Waals surface area contributed by atoms with E-state index in [1.54, 1.807) is 0 Å². The van der Waals surface area contributed by atoms with Gasteiger partial charge in [-0.15, -0.1) is 0 Å². The molecule has 5 nitrogen and oxygen atoms in total. The fourth-order valence-electron chi connectivity index (χ4n) is 2.40. The Morgan fingerprint density at radius 3 is 2.52 bits per heavy atom. The molecule has 1 fully saturated rings. The number of hydrogen-bond acceptors (Lipinski definition) is 5. The molecule has 0 amide bonds. The van der Waals surface area contributed by atoms with Gasteiger partial charge in [0.25, 0.3) is 0 Å². The van der Waals surface area contributed by atoms with Gasteiger partial charge >= 0.3 is 5.97 Å². The van der Waals surface area contributed by atoms with Gasteiger partial charge in [0.2, 0.25) is 0 Å². The van der Waals surface area contributed by atoms with Crippen LogP contribution in [0.3, 0.4) is 0 Å². The summed E-state index contributed by atoms with van der Waals surface area (Å²) >= 11 is 0. The monoisotopic (exact) mass is 301 g/mol. The van der Waals surface area contributed by atoms with Gasteiger partial charge in [0.05, 0.1) is 25.9 Å². The van der Waals surface area contributed by atoms with E-state index in [-0.39, 0.29) is 12.1 Å². The zero-order valence-electron chi connectivity index (χ0n) is 13.9. The maximum atomic E-state index is 12.5. The first-order chi connectivity index (χ1) is 10.1. The minimum atomic E-state index is -0.688. The van der Waals surface area contributed by atoms with Gasteiger partial charge in [-0.1, -0.05) is 6.92 Å². The van der Waals surface area contributed by atoms with E-state index in [2.05, 4.69) is 12.2 Å². The fourth-order valence-corrected chi connectivity index (χ4v) is 2.40. The molecule has 2 unspecified atom stereocenters. The number of hydrogen-bond donors (Lipinski definition) is 1. The number of carbonyl (C=O) groups excluding carboxylic acids is 1. The largest absolute Gasteiger partial charge is 0.465 e. The molecule has 0 heterocycles. The summed E-state index contributed by atoms with van der Waals surface area (Å²) in [5.41, 5.74) is -0.688. The summed E-state index contributed by atoms with van der Waals surface area (Å²) in [6, 6.07) is 0. The lowest BCUT2D eigenvalue weighted by atomic mass is 9.93. The Kier molecular flexibility index (Phi) is 8.22. The van der Waals surface area contributed by atoms with Gasteiger partial charge in [0.1, 0.15) is 5.54 Å². The Morgan fingerprint density at radius 1 is 1.29 bits per heavy atom. The third-order valence-corrected chi connectivity index (χ3v) is 3.76. The van der Waals surface area contributed by atoms with Gasteiger partial charge in [0.15, 0.2) is 0 Å². The normalized spacial score (nSPS) is 19.0. The van der Waals surface area contributed by atoms with Crippen molar-refractivity contribution >= 4 is 5.97 Å². The zero-order valence-corrected chi connectivity index (χ0v) is 13.9. The van der Waals surface area contributed by atoms with Crippen molar-refractivity contribution in [2.24, 2.45) is 5.92 Å². The summed E-state index contributed by atoms with van der Waals surface area (Å²) in [7, 11) is 0. The summed E-state index contributed by atoms with van der Waals surface area (Å²) in [6.45, 7) is 10.6. The first-order valence-corrected chi connectivity index (χ1v) is 8.22. The van der Waals surface area contributed by atoms with Gasteiger partial charge in [-0.2, -0.15) is 0 Å². The van der Waals surface area contributed by atoms with E-state index < -0.39 is 5.54 Å². The lowest BCUT2D eigenvalue weighted by molar-refractivity contribution is -0.157. The maximum Gasteiger partial charge on any atom is 0.329 e. The average molecular weight is 301 g/mol. The Labute approximate surface area is 128 Å². The molecule has 0 aromatic carbocycles. The highest BCUT2D eigenvalue weighted by Crippen LogP contribution is 2.41. The number of esters is 1. The minimum absolute atomic E-state index is 0.0269. The Balaban J connectivity index is 2.67. The molecule has 0 radical (unpaired) electrons. The van der Waals surface area contributed by atoms with Crippen LogP contribution >= 0.6 is 0 Å². The van der Waals surface area contributed by atoms with Crippen LogP contribution in [0, 0.1) is 5.92 Å². The molecule has 21 heavy (non-hydrogen) atoms. The summed E-state index contributed by atoms with van der Waals surface area (Å²) in [4.78, 5) is 12.5. The highest BCUT2D eigenvalue weighted by Gasteiger charge is 2.52. The molecule has 0 bridgehead atoms. The molecular weight excluding hydrogens is 270 g/mol. The SMILES string of the molecule is CCCNC(COC(C)COCC)(C(=O)OCC)C1CC1. The molecule has 1 saturated carbocycles. The zero-order chi connectivity index (χ0) is 15.7. The third kappa shape index (κ3) is 5.57. The lowest BCUT2D eigenvalue weighted by Gasteiger charge is -2.33. The van der Waals surface area contributed by atoms with E-state index in [0.717, 1.165) is 25.8 Å². The van der Waals surface area contributed by atoms with Crippen LogP contribution in [-0.4, -0.2) is 50.6 Å². The van der Waals surface area contributed by atoms with E-state index in [9.17, 15) is 4.79 Å². The van der Waals surface area contributed by atoms with Gasteiger partial charge in [-0.3, -0.25) is 5.32 Å². The Hall–Kier alpha value is -0.650. The molecule has 0 saturated heterocycles. The standard InChI is InChI=1S/C16H31NO4/c1-5-10-17-16(14-8-9-14,15(18)20-7-3)12-21-13(4)11-19-6-2/h13-14,17H,5-12H2,1-4H3. The van der Waals surface area contributed by atoms with Crippen molar-refractivity contribution in [1.82, 2.24) is 5.32 Å². The van der Waals surface area contributed by atoms with E-state index in [1.165, 1.54) is 0 Å². The molecule has 0 aromatic heterocycles. The smallest absolute Gasteiger partial charge is 0.329 e. The first-order valence-electron chi connectivity index (χ1n) is 8.22. The van der Waals surface area contributed by atoms with E-state index in [4.69, 9.17) is 14.2 Å². The molecule has 5 heteroatoms. The van der Waals surface area contributed by atoms with Gasteiger partial charge in [-0.05, 0) is 52.5 Å². The number of nitrogens with one attached hydrogen (secondary N) is 1. The summed E-state index contributed by atoms with van der Waals surface area (Å²) < 4.78 is 16.6. The topological polar surface area (TPSA) is 56.8 Å². The third-order valence-electron chi connectivity index (χ3n) is 3.76. The van der Waals surface area contributed by atoms with Crippen LogP contribution in [0.1, 0.15) is 47.0 Å². The van der Waals surface area contributed by atoms with E-state index >= 15 is 0 Å². The molecule has 1 N–H and O–H groups in total. The first kappa shape index (κ1) is 18.4. The van der Waals surface area contributed by atoms with Gasteiger partial charge in [-0.25, -0.2) is 4.79 Å². The van der Waals surface area contributed by atoms with Crippen LogP contribution in [0.2, 0.25) is 0 Å². The molecule has 2 atom stereocenters. The summed E-state index contributed by atoms with van der Waals surface area (Å²) in [5.74, 6) is 0.145. The van der Waals surface area contributed by atoms with Crippen molar-refractivity contribution in [3.8, 4) is 0 Å². The highest BCUT2D eigenvalue weighted by atomic mass is 16.5. The van der Waals surface area contributed by atoms with Crippen molar-refractivity contribution in [2.75, 3.05) is 33.0 Å². The van der Waals surface area contributed by atoms with Crippen molar-refractivity contribution in [2.45, 2.75) is 58.6 Å². The minimum Gasteiger partial charge on any atom is -0.465 e. The number of ether oxygens (including phenoxy) is 3. The van der Waals surface area contributed by atoms with Gasteiger partial charge < -0.3 is 14.2 Å². The number of carbonyl (C=O) groups is 1. The highest BCUT2D eigenvalue weighted by molar-refractivity contribution is 5.82. The molecule has 0 aromatic rings. The molecule has 124 valence electrons. The predicted molar refractivity (Wildman–Crippen MR) is 82.3 cm³/mol. The van der Waals surface area contributed by atoms with E-state index in [1.807, 2.05) is 20.8 Å². The Bertz CT molecular complexity index is 307. The quantitative estimate of drug-likeness (QED) is 0.560. The lowest BCUT2D eigenvalue weighted by Crippen LogP contribution is -2.59. The fraction of sp³-hybridized carbons (Fsp3) is 0.938. The molecule has 0 spiro atoms. The average Bonchev–Trinajstić information content (AvgIpc) is 3.31. The second-order valence-electron chi connectivity index (χ2n) is 5.67. The second-order valence-corrected chi connectivity index (χ2v) is 5.67. The van der Waals surface area contributed by atoms with Crippen LogP contribution in [0.25, 0.3) is 0 Å². The number of rotatable bonds is 12. The van der Waals surface area contributed by atoms with Crippen LogP contribution in [0.4, 0.5) is 0 Å². The maximum absolute atomic E-state index is 12.5. The van der Waals surface area contributed by atoms with E-state index in [0.29, 0.717) is 32.3 Å². The van der Waals surface area contributed by atoms with Crippen molar-refractivity contribution in [1.29, 1.82) is 0 Å². The molecule has 1 rings (SSSR count). The van der Waals surface area contributed by atoms with Crippen LogP contribution in [0.5, 0.6) is 0 Å². The van der Waals surface area contributed by atoms with Gasteiger partial charge in [0, 0.05) is 6.61 Å². The van der Waals surface area contributed by atoms with Crippen molar-refractivity contribution in [3.05, 3.63) is 0 Å². The Morgan fingerprint density at radius 2 is 2.00 bits per heavy atom. The summed E-state index contributed by atoms with van der Waals surface area (Å²) in [5, 5.41) is 3.40.